The molecule has 0 aromatic carbocycles. The van der Waals surface area contributed by atoms with Crippen molar-refractivity contribution in [3.8, 4) is 0 Å². The van der Waals surface area contributed by atoms with Crippen molar-refractivity contribution in [2.24, 2.45) is 5.41 Å². The molecule has 0 unspecified atom stereocenters. The van der Waals surface area contributed by atoms with Crippen LogP contribution in [0.4, 0.5) is 0 Å². The third-order valence-corrected chi connectivity index (χ3v) is 4.34. The Balaban J connectivity index is 2.07. The van der Waals surface area contributed by atoms with Crippen molar-refractivity contribution in [2.45, 2.75) is 71.1 Å². The van der Waals surface area contributed by atoms with Crippen molar-refractivity contribution in [3.05, 3.63) is 11.6 Å². The van der Waals surface area contributed by atoms with E-state index in [9.17, 15) is 4.79 Å². The molecule has 0 aliphatic heterocycles. The molecule has 0 N–H and O–H groups in total. The molecule has 0 atom stereocenters. The molecule has 2 aliphatic rings. The standard InChI is InChI=1S/C15H24O/c1-15(11-7-4-8-12-15)14(16)13-9-5-2-3-6-10-13/h9H,2-8,10-12H2,1H3. The summed E-state index contributed by atoms with van der Waals surface area (Å²) >= 11 is 0. The molecule has 0 amide bonds. The largest absolute Gasteiger partial charge is 0.294 e. The van der Waals surface area contributed by atoms with Crippen molar-refractivity contribution in [3.63, 3.8) is 0 Å². The van der Waals surface area contributed by atoms with Crippen molar-refractivity contribution in [1.82, 2.24) is 0 Å². The lowest BCUT2D eigenvalue weighted by Gasteiger charge is -2.32. The van der Waals surface area contributed by atoms with E-state index in [1.807, 2.05) is 0 Å². The van der Waals surface area contributed by atoms with E-state index in [2.05, 4.69) is 13.0 Å². The number of hydrogen-bond acceptors (Lipinski definition) is 1. The average molecular weight is 220 g/mol. The highest BCUT2D eigenvalue weighted by Gasteiger charge is 2.35. The Kier molecular flexibility index (Phi) is 3.83. The van der Waals surface area contributed by atoms with Crippen LogP contribution in [-0.2, 0) is 4.79 Å². The van der Waals surface area contributed by atoms with Gasteiger partial charge in [-0.25, -0.2) is 0 Å². The van der Waals surface area contributed by atoms with E-state index < -0.39 is 0 Å². The zero-order valence-electron chi connectivity index (χ0n) is 10.6. The summed E-state index contributed by atoms with van der Waals surface area (Å²) in [5.41, 5.74) is 1.14. The highest BCUT2D eigenvalue weighted by Crippen LogP contribution is 2.39. The molecule has 1 fully saturated rings. The van der Waals surface area contributed by atoms with Crippen LogP contribution in [0.3, 0.4) is 0 Å². The second-order valence-corrected chi connectivity index (χ2v) is 5.78. The Hall–Kier alpha value is -0.590. The molecule has 0 spiro atoms. The molecule has 16 heavy (non-hydrogen) atoms. The number of carbonyl (C=O) groups is 1. The summed E-state index contributed by atoms with van der Waals surface area (Å²) in [4.78, 5) is 12.6. The Bertz CT molecular complexity index is 282. The normalized spacial score (nSPS) is 25.7. The number of rotatable bonds is 2. The van der Waals surface area contributed by atoms with E-state index in [0.717, 1.165) is 31.3 Å². The second-order valence-electron chi connectivity index (χ2n) is 5.78. The van der Waals surface area contributed by atoms with Crippen LogP contribution in [-0.4, -0.2) is 5.78 Å². The van der Waals surface area contributed by atoms with Crippen LogP contribution >= 0.6 is 0 Å². The summed E-state index contributed by atoms with van der Waals surface area (Å²) in [5.74, 6) is 0.481. The van der Waals surface area contributed by atoms with Gasteiger partial charge in [-0.15, -0.1) is 0 Å². The molecule has 1 nitrogen and oxygen atoms in total. The van der Waals surface area contributed by atoms with E-state index in [-0.39, 0.29) is 5.41 Å². The van der Waals surface area contributed by atoms with Crippen LogP contribution in [0.25, 0.3) is 0 Å². The van der Waals surface area contributed by atoms with Gasteiger partial charge in [-0.2, -0.15) is 0 Å². The van der Waals surface area contributed by atoms with Gasteiger partial charge in [0.1, 0.15) is 0 Å². The van der Waals surface area contributed by atoms with Crippen LogP contribution < -0.4 is 0 Å². The first-order valence-electron chi connectivity index (χ1n) is 6.96. The average Bonchev–Trinajstić information content (AvgIpc) is 2.57. The summed E-state index contributed by atoms with van der Waals surface area (Å²) in [6.45, 7) is 2.19. The Morgan fingerprint density at radius 1 is 1.06 bits per heavy atom. The molecule has 0 aromatic heterocycles. The quantitative estimate of drug-likeness (QED) is 0.673. The maximum atomic E-state index is 12.6. The summed E-state index contributed by atoms with van der Waals surface area (Å²) in [6.07, 6.45) is 14.2. The van der Waals surface area contributed by atoms with Crippen LogP contribution in [0.2, 0.25) is 0 Å². The molecule has 2 aliphatic carbocycles. The first kappa shape index (κ1) is 11.9. The van der Waals surface area contributed by atoms with E-state index >= 15 is 0 Å². The molecule has 1 heteroatoms. The molecule has 1 saturated carbocycles. The molecule has 0 saturated heterocycles. The minimum Gasteiger partial charge on any atom is -0.294 e. The Morgan fingerprint density at radius 3 is 2.50 bits per heavy atom. The van der Waals surface area contributed by atoms with Crippen LogP contribution in [0.15, 0.2) is 11.6 Å². The number of Topliss-reactive ketones (excluding diaryl/α,β-unsaturated/α-hetero) is 1. The minimum absolute atomic E-state index is 0.0194. The Morgan fingerprint density at radius 2 is 1.75 bits per heavy atom. The molecule has 0 heterocycles. The van der Waals surface area contributed by atoms with Gasteiger partial charge in [0, 0.05) is 5.41 Å². The van der Waals surface area contributed by atoms with Gasteiger partial charge in [0.05, 0.1) is 0 Å². The van der Waals surface area contributed by atoms with Gasteiger partial charge in [0.2, 0.25) is 0 Å². The van der Waals surface area contributed by atoms with Crippen LogP contribution in [0, 0.1) is 5.41 Å². The minimum atomic E-state index is -0.0194. The summed E-state index contributed by atoms with van der Waals surface area (Å²) in [7, 11) is 0. The number of carbonyl (C=O) groups excluding carboxylic acids is 1. The first-order valence-corrected chi connectivity index (χ1v) is 6.96. The lowest BCUT2D eigenvalue weighted by molar-refractivity contribution is -0.125. The third kappa shape index (κ3) is 2.56. The van der Waals surface area contributed by atoms with Crippen LogP contribution in [0.5, 0.6) is 0 Å². The molecule has 90 valence electrons. The first-order chi connectivity index (χ1) is 7.72. The summed E-state index contributed by atoms with van der Waals surface area (Å²) in [6, 6.07) is 0. The van der Waals surface area contributed by atoms with Crippen molar-refractivity contribution in [1.29, 1.82) is 0 Å². The molecular formula is C15H24O. The fourth-order valence-electron chi connectivity index (χ4n) is 3.17. The fraction of sp³-hybridized carbons (Fsp3) is 0.800. The molecule has 0 radical (unpaired) electrons. The molecular weight excluding hydrogens is 196 g/mol. The lowest BCUT2D eigenvalue weighted by Crippen LogP contribution is -2.31. The van der Waals surface area contributed by atoms with Crippen LogP contribution in [0.1, 0.15) is 71.1 Å². The smallest absolute Gasteiger partial charge is 0.164 e. The topological polar surface area (TPSA) is 17.1 Å². The van der Waals surface area contributed by atoms with Gasteiger partial charge in [-0.1, -0.05) is 38.7 Å². The monoisotopic (exact) mass is 220 g/mol. The SMILES string of the molecule is CC1(C(=O)C2=CCCCCC2)CCCCC1. The van der Waals surface area contributed by atoms with Gasteiger partial charge in [0.15, 0.2) is 5.78 Å². The number of ketones is 1. The van der Waals surface area contributed by atoms with E-state index in [0.29, 0.717) is 5.78 Å². The number of allylic oxidation sites excluding steroid dienone is 2. The number of hydrogen-bond donors (Lipinski definition) is 0. The fourth-order valence-corrected chi connectivity index (χ4v) is 3.17. The van der Waals surface area contributed by atoms with Crippen molar-refractivity contribution < 1.29 is 4.79 Å². The zero-order valence-corrected chi connectivity index (χ0v) is 10.6. The maximum absolute atomic E-state index is 12.6. The maximum Gasteiger partial charge on any atom is 0.164 e. The highest BCUT2D eigenvalue weighted by atomic mass is 16.1. The molecule has 2 rings (SSSR count). The van der Waals surface area contributed by atoms with Gasteiger partial charge >= 0.3 is 0 Å². The molecule has 0 aromatic rings. The van der Waals surface area contributed by atoms with Gasteiger partial charge in [-0.05, 0) is 44.1 Å². The lowest BCUT2D eigenvalue weighted by atomic mass is 9.70. The predicted molar refractivity (Wildman–Crippen MR) is 67.4 cm³/mol. The molecule has 0 bridgehead atoms. The Labute approximate surface area is 99.3 Å². The predicted octanol–water partition coefficient (Wildman–Crippen LogP) is 4.42. The van der Waals surface area contributed by atoms with E-state index in [4.69, 9.17) is 0 Å². The van der Waals surface area contributed by atoms with Crippen molar-refractivity contribution >= 4 is 5.78 Å². The summed E-state index contributed by atoms with van der Waals surface area (Å²) in [5, 5.41) is 0. The van der Waals surface area contributed by atoms with Crippen molar-refractivity contribution in [2.75, 3.05) is 0 Å². The highest BCUT2D eigenvalue weighted by molar-refractivity contribution is 5.99. The second kappa shape index (κ2) is 5.16. The van der Waals surface area contributed by atoms with Gasteiger partial charge < -0.3 is 0 Å². The van der Waals surface area contributed by atoms with Gasteiger partial charge in [-0.3, -0.25) is 4.79 Å². The van der Waals surface area contributed by atoms with E-state index in [1.54, 1.807) is 0 Å². The zero-order chi connectivity index (χ0) is 11.4. The summed E-state index contributed by atoms with van der Waals surface area (Å²) < 4.78 is 0. The third-order valence-electron chi connectivity index (χ3n) is 4.34. The van der Waals surface area contributed by atoms with Gasteiger partial charge in [0.25, 0.3) is 0 Å². The van der Waals surface area contributed by atoms with E-state index in [1.165, 1.54) is 38.5 Å².